The van der Waals surface area contributed by atoms with Gasteiger partial charge in [0.2, 0.25) is 0 Å². The summed E-state index contributed by atoms with van der Waals surface area (Å²) in [4.78, 5) is 14.3. The van der Waals surface area contributed by atoms with Crippen molar-refractivity contribution in [3.63, 3.8) is 0 Å². The van der Waals surface area contributed by atoms with Crippen LogP contribution in [-0.4, -0.2) is 15.0 Å². The predicted octanol–water partition coefficient (Wildman–Crippen LogP) is 12.0. The molecule has 0 atom stereocenters. The van der Waals surface area contributed by atoms with E-state index in [-0.39, 0.29) is 20.1 Å². The van der Waals surface area contributed by atoms with Gasteiger partial charge in [0.05, 0.1) is 5.58 Å². The Bertz CT molecular complexity index is 2460. The van der Waals surface area contributed by atoms with Crippen LogP contribution < -0.4 is 0 Å². The second-order valence-electron chi connectivity index (χ2n) is 13.8. The monoisotopic (exact) mass is 844 g/mol. The quantitative estimate of drug-likeness (QED) is 0.162. The zero-order valence-electron chi connectivity index (χ0n) is 30.2. The third-order valence-electron chi connectivity index (χ3n) is 9.41. The first kappa shape index (κ1) is 35.9. The number of benzene rings is 4. The molecule has 0 saturated heterocycles. The summed E-state index contributed by atoms with van der Waals surface area (Å²) in [6.45, 7) is 15.0. The van der Waals surface area contributed by atoms with Crippen LogP contribution in [-0.2, 0) is 26.5 Å². The summed E-state index contributed by atoms with van der Waals surface area (Å²) in [5.74, 6) is 0.533. The maximum atomic E-state index is 5.84. The van der Waals surface area contributed by atoms with Gasteiger partial charge in [-0.3, -0.25) is 9.97 Å². The standard InChI is InChI=1S/C31H25N2O.C15H16N.Ir/c1-19(2)15-25-10-11-27-28(18-24-12-14-34-31(24)30(27)33-25)29-26(5-4-13-32-29)23-9-8-21-16-20(3)6-7-22(21)17-23;1-10-5-6-14(7-11(10)2)15-8-12(3)13(4)9-16-15;/h4-14,16-17,19H,15H2,1-3H3;5,7-9H,1-4H3;/q2*-1;. The minimum absolute atomic E-state index is 0. The fourth-order valence-corrected chi connectivity index (χ4v) is 6.35. The maximum absolute atomic E-state index is 5.84. The minimum Gasteiger partial charge on any atom is -0.506 e. The third kappa shape index (κ3) is 7.56. The fourth-order valence-electron chi connectivity index (χ4n) is 6.35. The molecule has 0 aliphatic carbocycles. The van der Waals surface area contributed by atoms with Crippen molar-refractivity contribution in [3.05, 3.63) is 149 Å². The summed E-state index contributed by atoms with van der Waals surface area (Å²) in [6, 6.07) is 36.7. The van der Waals surface area contributed by atoms with Gasteiger partial charge in [0, 0.05) is 55.7 Å². The van der Waals surface area contributed by atoms with Crippen molar-refractivity contribution in [1.82, 2.24) is 15.0 Å². The summed E-state index contributed by atoms with van der Waals surface area (Å²) in [6.07, 6.45) is 6.42. The predicted molar refractivity (Wildman–Crippen MR) is 207 cm³/mol. The Morgan fingerprint density at radius 3 is 2.33 bits per heavy atom. The number of hydrogen-bond acceptors (Lipinski definition) is 4. The molecular weight excluding hydrogens is 803 g/mol. The first-order chi connectivity index (χ1) is 24.1. The Hall–Kier alpha value is -4.96. The first-order valence-electron chi connectivity index (χ1n) is 17.3. The van der Waals surface area contributed by atoms with E-state index in [4.69, 9.17) is 14.4 Å². The number of pyridine rings is 3. The van der Waals surface area contributed by atoms with Crippen LogP contribution in [0.15, 0.2) is 108 Å². The summed E-state index contributed by atoms with van der Waals surface area (Å²) < 4.78 is 5.84. The molecule has 4 aromatic heterocycles. The summed E-state index contributed by atoms with van der Waals surface area (Å²) in [7, 11) is 0. The average molecular weight is 844 g/mol. The molecule has 0 bridgehead atoms. The molecule has 0 aliphatic heterocycles. The smallest absolute Gasteiger partial charge is 0.0847 e. The van der Waals surface area contributed by atoms with Crippen LogP contribution in [0.4, 0.5) is 0 Å². The van der Waals surface area contributed by atoms with Crippen molar-refractivity contribution in [1.29, 1.82) is 0 Å². The largest absolute Gasteiger partial charge is 0.506 e. The average Bonchev–Trinajstić information content (AvgIpc) is 3.59. The fraction of sp³-hybridized carbons (Fsp3) is 0.196. The first-order valence-corrected chi connectivity index (χ1v) is 17.3. The van der Waals surface area contributed by atoms with Gasteiger partial charge in [0.25, 0.3) is 0 Å². The Balaban J connectivity index is 0.000000222. The van der Waals surface area contributed by atoms with Crippen LogP contribution >= 0.6 is 0 Å². The van der Waals surface area contributed by atoms with Crippen LogP contribution in [0.2, 0.25) is 0 Å². The van der Waals surface area contributed by atoms with Gasteiger partial charge in [0.15, 0.2) is 0 Å². The Morgan fingerprint density at radius 2 is 1.55 bits per heavy atom. The molecule has 257 valence electrons. The van der Waals surface area contributed by atoms with Gasteiger partial charge in [-0.2, -0.15) is 0 Å². The normalized spacial score (nSPS) is 11.1. The van der Waals surface area contributed by atoms with Crippen LogP contribution in [0.5, 0.6) is 0 Å². The molecule has 5 heteroatoms. The molecule has 8 rings (SSSR count). The van der Waals surface area contributed by atoms with Gasteiger partial charge in [0.1, 0.15) is 0 Å². The van der Waals surface area contributed by atoms with E-state index in [0.717, 1.165) is 67.6 Å². The molecule has 8 aromatic rings. The molecule has 0 amide bonds. The zero-order valence-corrected chi connectivity index (χ0v) is 32.6. The van der Waals surface area contributed by atoms with E-state index in [1.165, 1.54) is 38.6 Å². The van der Waals surface area contributed by atoms with Crippen molar-refractivity contribution in [2.24, 2.45) is 5.92 Å². The molecule has 0 fully saturated rings. The van der Waals surface area contributed by atoms with Crippen LogP contribution in [0.25, 0.3) is 66.3 Å². The van der Waals surface area contributed by atoms with E-state index in [0.29, 0.717) is 5.92 Å². The molecular formula is C46H41IrN3O-2. The maximum Gasteiger partial charge on any atom is 0.0847 e. The van der Waals surface area contributed by atoms with E-state index in [1.54, 1.807) is 6.26 Å². The molecule has 1 radical (unpaired) electrons. The Kier molecular flexibility index (Phi) is 10.6. The molecule has 0 spiro atoms. The van der Waals surface area contributed by atoms with Crippen molar-refractivity contribution in [3.8, 4) is 33.6 Å². The second kappa shape index (κ2) is 15.1. The summed E-state index contributed by atoms with van der Waals surface area (Å²) in [5, 5.41) is 4.39. The Labute approximate surface area is 314 Å². The number of nitrogens with zero attached hydrogens (tertiary/aromatic N) is 3. The van der Waals surface area contributed by atoms with Crippen molar-refractivity contribution in [2.45, 2.75) is 54.9 Å². The molecule has 51 heavy (non-hydrogen) atoms. The Morgan fingerprint density at radius 1 is 0.765 bits per heavy atom. The van der Waals surface area contributed by atoms with Gasteiger partial charge >= 0.3 is 0 Å². The van der Waals surface area contributed by atoms with E-state index in [9.17, 15) is 0 Å². The second-order valence-corrected chi connectivity index (χ2v) is 13.8. The van der Waals surface area contributed by atoms with Crippen molar-refractivity contribution in [2.75, 3.05) is 0 Å². The minimum atomic E-state index is 0. The number of hydrogen-bond donors (Lipinski definition) is 0. The number of rotatable bonds is 5. The summed E-state index contributed by atoms with van der Waals surface area (Å²) >= 11 is 0. The van der Waals surface area contributed by atoms with E-state index >= 15 is 0 Å². The molecule has 0 aliphatic rings. The molecule has 0 unspecified atom stereocenters. The molecule has 4 nitrogen and oxygen atoms in total. The third-order valence-corrected chi connectivity index (χ3v) is 9.41. The van der Waals surface area contributed by atoms with Crippen LogP contribution in [0.3, 0.4) is 0 Å². The molecule has 4 heterocycles. The zero-order chi connectivity index (χ0) is 34.9. The van der Waals surface area contributed by atoms with E-state index < -0.39 is 0 Å². The van der Waals surface area contributed by atoms with Gasteiger partial charge in [-0.05, 0) is 84.5 Å². The van der Waals surface area contributed by atoms with Gasteiger partial charge in [-0.25, -0.2) is 0 Å². The molecule has 0 N–H and O–H groups in total. The van der Waals surface area contributed by atoms with Crippen LogP contribution in [0.1, 0.15) is 47.4 Å². The van der Waals surface area contributed by atoms with Crippen LogP contribution in [0, 0.1) is 52.7 Å². The number of fused-ring (bicyclic) bond motifs is 4. The van der Waals surface area contributed by atoms with Crippen molar-refractivity contribution < 1.29 is 24.5 Å². The summed E-state index contributed by atoms with van der Waals surface area (Å²) in [5.41, 5.74) is 15.2. The van der Waals surface area contributed by atoms with Gasteiger partial charge in [-0.1, -0.05) is 110 Å². The van der Waals surface area contributed by atoms with E-state index in [2.05, 4.69) is 132 Å². The number of aromatic nitrogens is 3. The van der Waals surface area contributed by atoms with E-state index in [1.807, 2.05) is 30.6 Å². The SMILES string of the molecule is Cc1c[c-]c(-c2cc(C)c(C)cn2)cc1C.Cc1ccc2cc(-c3cccnc3-c3[c-]c4ccoc4c4nc(CC(C)C)ccc34)ccc2c1.[Ir]. The topological polar surface area (TPSA) is 51.8 Å². The molecule has 0 saturated carbocycles. The molecule has 4 aromatic carbocycles. The number of furan rings is 1. The number of aryl methyl sites for hydroxylation is 5. The van der Waals surface area contributed by atoms with Gasteiger partial charge < -0.3 is 9.40 Å². The van der Waals surface area contributed by atoms with Gasteiger partial charge in [-0.15, -0.1) is 41.0 Å². The van der Waals surface area contributed by atoms with Crippen molar-refractivity contribution >= 4 is 32.6 Å².